The van der Waals surface area contributed by atoms with Crippen LogP contribution in [0.4, 0.5) is 11.4 Å². The number of Topliss-reactive ketones (excluding diaryl/α,β-unsaturated/α-hetero) is 1. The summed E-state index contributed by atoms with van der Waals surface area (Å²) in [5.41, 5.74) is 5.92. The number of amides is 4. The number of benzene rings is 3. The number of aliphatic imine (C=N–C) groups is 2. The number of fused-ring (bicyclic) bond motifs is 4. The van der Waals surface area contributed by atoms with E-state index in [4.69, 9.17) is 52.6 Å². The third-order valence-electron chi connectivity index (χ3n) is 15.7. The van der Waals surface area contributed by atoms with Crippen molar-refractivity contribution >= 4 is 65.0 Å². The molecule has 3 aromatic rings. The molecule has 0 unspecified atom stereocenters. The zero-order chi connectivity index (χ0) is 61.0. The van der Waals surface area contributed by atoms with E-state index in [1.165, 1.54) is 29.8 Å². The first-order chi connectivity index (χ1) is 41.6. The quantitative estimate of drug-likeness (QED) is 0.0459. The first-order valence-electron chi connectivity index (χ1n) is 29.8. The van der Waals surface area contributed by atoms with Gasteiger partial charge in [0.1, 0.15) is 31.4 Å². The molecule has 0 spiro atoms. The molecule has 3 saturated heterocycles. The number of ketones is 1. The topological polar surface area (TPSA) is 218 Å². The van der Waals surface area contributed by atoms with Crippen LogP contribution in [0.2, 0.25) is 0 Å². The second-order valence-corrected chi connectivity index (χ2v) is 24.0. The normalized spacial score (nSPS) is 18.4. The summed E-state index contributed by atoms with van der Waals surface area (Å²) in [7, 11) is 3.10. The Bertz CT molecular complexity index is 2840. The van der Waals surface area contributed by atoms with E-state index in [0.29, 0.717) is 182 Å². The van der Waals surface area contributed by atoms with Crippen molar-refractivity contribution in [2.45, 2.75) is 96.8 Å². The zero-order valence-corrected chi connectivity index (χ0v) is 51.8. The molecule has 5 aliphatic rings. The Labute approximate surface area is 509 Å². The van der Waals surface area contributed by atoms with Gasteiger partial charge in [-0.1, -0.05) is 37.1 Å². The van der Waals surface area contributed by atoms with Crippen molar-refractivity contribution in [3.05, 3.63) is 88.0 Å². The summed E-state index contributed by atoms with van der Waals surface area (Å²) in [4.78, 5) is 82.0. The molecular formula is C64H85N7O14S. The smallest absolute Gasteiger partial charge is 0.257 e. The third kappa shape index (κ3) is 18.6. The van der Waals surface area contributed by atoms with Crippen LogP contribution < -0.4 is 29.0 Å². The third-order valence-corrected chi connectivity index (χ3v) is 17.1. The summed E-state index contributed by atoms with van der Waals surface area (Å²) < 4.78 is 52.6. The highest BCUT2D eigenvalue weighted by Gasteiger charge is 2.36. The molecule has 21 nitrogen and oxygen atoms in total. The van der Waals surface area contributed by atoms with Crippen LogP contribution in [-0.2, 0) is 46.5 Å². The summed E-state index contributed by atoms with van der Waals surface area (Å²) in [6.07, 6.45) is 10.7. The molecule has 0 radical (unpaired) electrons. The summed E-state index contributed by atoms with van der Waals surface area (Å²) in [6, 6.07) is 12.5. The number of hydrogen-bond acceptors (Lipinski definition) is 18. The molecule has 466 valence electrons. The van der Waals surface area contributed by atoms with Gasteiger partial charge < -0.3 is 62.6 Å². The summed E-state index contributed by atoms with van der Waals surface area (Å²) in [6.45, 7) is 18.4. The number of piperazine rings is 1. The Morgan fingerprint density at radius 1 is 0.640 bits per heavy atom. The fourth-order valence-electron chi connectivity index (χ4n) is 10.5. The lowest BCUT2D eigenvalue weighted by Gasteiger charge is -2.35. The molecular weight excluding hydrogens is 1120 g/mol. The van der Waals surface area contributed by atoms with Crippen molar-refractivity contribution in [3.63, 3.8) is 0 Å². The molecule has 22 heteroatoms. The van der Waals surface area contributed by atoms with E-state index in [0.717, 1.165) is 24.0 Å². The molecule has 86 heavy (non-hydrogen) atoms. The van der Waals surface area contributed by atoms with Crippen molar-refractivity contribution in [2.75, 3.05) is 132 Å². The Hall–Kier alpha value is -6.82. The average Bonchev–Trinajstić information content (AvgIpc) is 4.02. The van der Waals surface area contributed by atoms with E-state index in [-0.39, 0.29) is 65.2 Å². The number of nitrogens with zero attached hydrogens (tertiary/aromatic N) is 6. The molecule has 1 N–H and O–H groups in total. The van der Waals surface area contributed by atoms with Gasteiger partial charge in [0.2, 0.25) is 11.8 Å². The number of nitrogens with one attached hydrogen (secondary N) is 1. The highest BCUT2D eigenvalue weighted by molar-refractivity contribution is 8.01. The van der Waals surface area contributed by atoms with E-state index < -0.39 is 0 Å². The molecule has 0 bridgehead atoms. The standard InChI is InChI=1S/C64H85N7O14S/c1-8-45-29-49-37-66-54-35-58(56(77-6)33-52(54)62(75)70(49)39-45)84-41-47-28-48(42-85-59-36-55-53(34-57(59)78-7)63(76)71-40-46(9-2)30-50(71)38-67-55)32-51(31-47)83-21-18-68-14-16-69(17-15-68)61(74)10-12-64(4,5)86-43-60(73)65-13-20-80-23-25-82-27-26-81-24-22-79-19-11-44(3)72/h8-9,28,31-38,49-50H,10-27,29-30,39-43H2,1-7H3,(H,65,73)/b45-8+,46-9+/t49-,50-/m0/s1. The van der Waals surface area contributed by atoms with Crippen LogP contribution in [0.15, 0.2) is 75.7 Å². The number of thioether (sulfide) groups is 1. The fourth-order valence-corrected chi connectivity index (χ4v) is 11.4. The van der Waals surface area contributed by atoms with Crippen LogP contribution in [0.5, 0.6) is 28.7 Å². The maximum Gasteiger partial charge on any atom is 0.257 e. The average molecular weight is 1210 g/mol. The van der Waals surface area contributed by atoms with Crippen molar-refractivity contribution in [3.8, 4) is 28.7 Å². The minimum absolute atomic E-state index is 0.0804. The van der Waals surface area contributed by atoms with Gasteiger partial charge in [0.25, 0.3) is 11.8 Å². The molecule has 0 aliphatic carbocycles. The van der Waals surface area contributed by atoms with Crippen LogP contribution in [0.25, 0.3) is 0 Å². The highest BCUT2D eigenvalue weighted by atomic mass is 32.2. The zero-order valence-electron chi connectivity index (χ0n) is 51.0. The lowest BCUT2D eigenvalue weighted by atomic mass is 10.1. The number of rotatable bonds is 33. The molecule has 0 saturated carbocycles. The van der Waals surface area contributed by atoms with Gasteiger partial charge in [-0.15, -0.1) is 11.8 Å². The van der Waals surface area contributed by atoms with Gasteiger partial charge in [-0.3, -0.25) is 38.9 Å². The summed E-state index contributed by atoms with van der Waals surface area (Å²) in [5.74, 6) is 2.50. The molecule has 5 heterocycles. The lowest BCUT2D eigenvalue weighted by Crippen LogP contribution is -2.49. The predicted molar refractivity (Wildman–Crippen MR) is 330 cm³/mol. The highest BCUT2D eigenvalue weighted by Crippen LogP contribution is 2.41. The van der Waals surface area contributed by atoms with Crippen molar-refractivity contribution < 1.29 is 66.6 Å². The van der Waals surface area contributed by atoms with E-state index >= 15 is 0 Å². The number of hydrogen-bond donors (Lipinski definition) is 1. The number of allylic oxidation sites excluding steroid dienone is 2. The number of carbonyl (C=O) groups excluding carboxylic acids is 5. The van der Waals surface area contributed by atoms with Crippen molar-refractivity contribution in [2.24, 2.45) is 9.98 Å². The maximum absolute atomic E-state index is 13.8. The Morgan fingerprint density at radius 3 is 1.65 bits per heavy atom. The predicted octanol–water partition coefficient (Wildman–Crippen LogP) is 7.59. The van der Waals surface area contributed by atoms with Crippen LogP contribution in [0.3, 0.4) is 0 Å². The van der Waals surface area contributed by atoms with Gasteiger partial charge in [-0.05, 0) is 81.5 Å². The molecule has 3 aromatic carbocycles. The van der Waals surface area contributed by atoms with Gasteiger partial charge in [0.05, 0.1) is 107 Å². The van der Waals surface area contributed by atoms with E-state index in [1.807, 2.05) is 59.2 Å². The summed E-state index contributed by atoms with van der Waals surface area (Å²) in [5, 5.41) is 2.90. The monoisotopic (exact) mass is 1210 g/mol. The van der Waals surface area contributed by atoms with Gasteiger partial charge in [-0.2, -0.15) is 0 Å². The van der Waals surface area contributed by atoms with Crippen LogP contribution in [0.1, 0.15) is 98.6 Å². The van der Waals surface area contributed by atoms with Gasteiger partial charge in [-0.25, -0.2) is 0 Å². The fraction of sp³-hybridized carbons (Fsp3) is 0.547. The number of methoxy groups -OCH3 is 2. The minimum Gasteiger partial charge on any atom is -0.493 e. The van der Waals surface area contributed by atoms with Gasteiger partial charge in [0, 0.05) is 94.5 Å². The first-order valence-corrected chi connectivity index (χ1v) is 30.8. The number of carbonyl (C=O) groups is 5. The molecule has 8 rings (SSSR count). The second-order valence-electron chi connectivity index (χ2n) is 22.3. The minimum atomic E-state index is -0.277. The van der Waals surface area contributed by atoms with Gasteiger partial charge in [0.15, 0.2) is 23.0 Å². The molecule has 5 aliphatic heterocycles. The summed E-state index contributed by atoms with van der Waals surface area (Å²) >= 11 is 1.54. The molecule has 0 aromatic heterocycles. The van der Waals surface area contributed by atoms with Crippen LogP contribution in [0, 0.1) is 0 Å². The Balaban J connectivity index is 0.801. The Morgan fingerprint density at radius 2 is 1.15 bits per heavy atom. The number of ether oxygens (including phenoxy) is 9. The SMILES string of the molecule is C/C=C1\C[C@H]2C=Nc3cc(OCc4cc(COc5cc6c(cc5OC)C(=O)N5C/C(=C/C)C[C@H]5C=N6)cc(OCCN5CCN(C(=O)CCC(C)(C)SCC(=O)NCCOCCOCCOCCOCCC(C)=O)CC5)c4)c(OC)cc3C(=O)N2C1. The van der Waals surface area contributed by atoms with Crippen LogP contribution >= 0.6 is 11.8 Å². The lowest BCUT2D eigenvalue weighted by molar-refractivity contribution is -0.133. The molecule has 2 atom stereocenters. The largest absolute Gasteiger partial charge is 0.493 e. The van der Waals surface area contributed by atoms with E-state index in [9.17, 15) is 24.0 Å². The second kappa shape index (κ2) is 32.2. The first kappa shape index (κ1) is 65.2. The van der Waals surface area contributed by atoms with Crippen LogP contribution in [-0.4, -0.2) is 210 Å². The maximum atomic E-state index is 13.8. The van der Waals surface area contributed by atoms with Crippen molar-refractivity contribution in [1.29, 1.82) is 0 Å². The molecule has 3 fully saturated rings. The van der Waals surface area contributed by atoms with E-state index in [1.54, 1.807) is 38.5 Å². The Kier molecular flexibility index (Phi) is 24.4. The molecule has 4 amide bonds. The van der Waals surface area contributed by atoms with Crippen molar-refractivity contribution in [1.82, 2.24) is 24.9 Å². The van der Waals surface area contributed by atoms with E-state index in [2.05, 4.69) is 36.2 Å². The van der Waals surface area contributed by atoms with Gasteiger partial charge >= 0.3 is 0 Å².